The Kier molecular flexibility index (Phi) is 5.73. The number of anilines is 1. The van der Waals surface area contributed by atoms with Gasteiger partial charge in [-0.1, -0.05) is 11.6 Å². The predicted molar refractivity (Wildman–Crippen MR) is 116 cm³/mol. The molecule has 0 aliphatic carbocycles. The van der Waals surface area contributed by atoms with Gasteiger partial charge in [-0.2, -0.15) is 5.10 Å². The van der Waals surface area contributed by atoms with Crippen LogP contribution in [0.15, 0.2) is 47.8 Å². The SMILES string of the molecule is CSc1ccc(Cl)c(C(=O)NC2CCN(c3nccc(-c4cnn(C)c4)n3)C2)c1. The zero-order valence-electron chi connectivity index (χ0n) is 16.2. The van der Waals surface area contributed by atoms with E-state index in [4.69, 9.17) is 11.6 Å². The number of hydrogen-bond acceptors (Lipinski definition) is 6. The van der Waals surface area contributed by atoms with E-state index >= 15 is 0 Å². The minimum atomic E-state index is -0.150. The number of hydrogen-bond donors (Lipinski definition) is 1. The molecule has 3 aromatic rings. The molecule has 0 saturated carbocycles. The molecular formula is C20H21ClN6OS. The third kappa shape index (κ3) is 4.38. The Morgan fingerprint density at radius 1 is 1.34 bits per heavy atom. The van der Waals surface area contributed by atoms with Crippen LogP contribution < -0.4 is 10.2 Å². The van der Waals surface area contributed by atoms with Crippen LogP contribution in [-0.2, 0) is 7.05 Å². The van der Waals surface area contributed by atoms with Crippen LogP contribution in [0.5, 0.6) is 0 Å². The summed E-state index contributed by atoms with van der Waals surface area (Å²) in [5.41, 5.74) is 2.28. The monoisotopic (exact) mass is 428 g/mol. The molecule has 0 radical (unpaired) electrons. The highest BCUT2D eigenvalue weighted by Crippen LogP contribution is 2.24. The number of aromatic nitrogens is 4. The Balaban J connectivity index is 1.44. The summed E-state index contributed by atoms with van der Waals surface area (Å²) < 4.78 is 1.75. The summed E-state index contributed by atoms with van der Waals surface area (Å²) in [5.74, 6) is 0.508. The van der Waals surface area contributed by atoms with E-state index in [0.717, 1.165) is 29.1 Å². The lowest BCUT2D eigenvalue weighted by Crippen LogP contribution is -2.37. The normalized spacial score (nSPS) is 16.2. The summed E-state index contributed by atoms with van der Waals surface area (Å²) in [7, 11) is 1.88. The quantitative estimate of drug-likeness (QED) is 0.628. The first-order chi connectivity index (χ1) is 14.0. The molecule has 3 heterocycles. The second kappa shape index (κ2) is 8.42. The van der Waals surface area contributed by atoms with Crippen LogP contribution in [0.4, 0.5) is 5.95 Å². The van der Waals surface area contributed by atoms with Crippen LogP contribution in [-0.4, -0.2) is 51.0 Å². The summed E-state index contributed by atoms with van der Waals surface area (Å²) in [6.45, 7) is 1.43. The molecule has 1 aliphatic rings. The summed E-state index contributed by atoms with van der Waals surface area (Å²) >= 11 is 7.81. The molecule has 0 spiro atoms. The molecule has 1 unspecified atom stereocenters. The van der Waals surface area contributed by atoms with Gasteiger partial charge in [-0.25, -0.2) is 9.97 Å². The molecule has 0 bridgehead atoms. The number of rotatable bonds is 5. The minimum absolute atomic E-state index is 0.0159. The van der Waals surface area contributed by atoms with E-state index in [9.17, 15) is 4.79 Å². The molecule has 1 N–H and O–H groups in total. The third-order valence-corrected chi connectivity index (χ3v) is 5.92. The highest BCUT2D eigenvalue weighted by atomic mass is 35.5. The van der Waals surface area contributed by atoms with E-state index in [-0.39, 0.29) is 11.9 Å². The average Bonchev–Trinajstić information content (AvgIpc) is 3.37. The first-order valence-electron chi connectivity index (χ1n) is 9.25. The second-order valence-corrected chi connectivity index (χ2v) is 8.18. The lowest BCUT2D eigenvalue weighted by atomic mass is 10.2. The van der Waals surface area contributed by atoms with Crippen LogP contribution in [0.2, 0.25) is 5.02 Å². The minimum Gasteiger partial charge on any atom is -0.347 e. The molecule has 1 atom stereocenters. The number of carbonyl (C=O) groups excluding carboxylic acids is 1. The van der Waals surface area contributed by atoms with Gasteiger partial charge in [0.05, 0.1) is 22.5 Å². The molecule has 2 aromatic heterocycles. The van der Waals surface area contributed by atoms with Crippen molar-refractivity contribution in [2.24, 2.45) is 7.05 Å². The largest absolute Gasteiger partial charge is 0.347 e. The van der Waals surface area contributed by atoms with E-state index in [1.165, 1.54) is 0 Å². The Bertz CT molecular complexity index is 1040. The predicted octanol–water partition coefficient (Wildman–Crippen LogP) is 3.26. The standard InChI is InChI=1S/C20H21ClN6OS/c1-26-11-13(10-23-26)18-5-7-22-20(25-18)27-8-6-14(12-27)24-19(28)16-9-15(29-2)3-4-17(16)21/h3-5,7,9-11,14H,6,8,12H2,1-2H3,(H,24,28). The summed E-state index contributed by atoms with van der Waals surface area (Å²) in [4.78, 5) is 24.9. The number of halogens is 1. The molecule has 1 amide bonds. The van der Waals surface area contributed by atoms with Crippen molar-refractivity contribution < 1.29 is 4.79 Å². The van der Waals surface area contributed by atoms with Gasteiger partial charge in [-0.3, -0.25) is 9.48 Å². The molecule has 29 heavy (non-hydrogen) atoms. The van der Waals surface area contributed by atoms with Gasteiger partial charge in [0.15, 0.2) is 0 Å². The van der Waals surface area contributed by atoms with Gasteiger partial charge < -0.3 is 10.2 Å². The Labute approximate surface area is 178 Å². The molecule has 4 rings (SSSR count). The Morgan fingerprint density at radius 2 is 2.21 bits per heavy atom. The van der Waals surface area contributed by atoms with Gasteiger partial charge in [0.1, 0.15) is 0 Å². The number of carbonyl (C=O) groups is 1. The van der Waals surface area contributed by atoms with E-state index in [2.05, 4.69) is 25.3 Å². The summed E-state index contributed by atoms with van der Waals surface area (Å²) in [6, 6.07) is 7.39. The fraction of sp³-hybridized carbons (Fsp3) is 0.300. The van der Waals surface area contributed by atoms with E-state index in [0.29, 0.717) is 23.1 Å². The van der Waals surface area contributed by atoms with Gasteiger partial charge in [0.2, 0.25) is 5.95 Å². The van der Waals surface area contributed by atoms with E-state index in [1.807, 2.05) is 37.7 Å². The molecule has 1 saturated heterocycles. The highest BCUT2D eigenvalue weighted by molar-refractivity contribution is 7.98. The van der Waals surface area contributed by atoms with Crippen LogP contribution >= 0.6 is 23.4 Å². The van der Waals surface area contributed by atoms with Gasteiger partial charge in [-0.05, 0) is 36.9 Å². The van der Waals surface area contributed by atoms with Gasteiger partial charge >= 0.3 is 0 Å². The lowest BCUT2D eigenvalue weighted by Gasteiger charge is -2.17. The maximum atomic E-state index is 12.7. The molecule has 1 aliphatic heterocycles. The molecular weight excluding hydrogens is 408 g/mol. The molecule has 1 fully saturated rings. The Hall–Kier alpha value is -2.58. The first-order valence-corrected chi connectivity index (χ1v) is 10.8. The fourth-order valence-corrected chi connectivity index (χ4v) is 3.99. The molecule has 1 aromatic carbocycles. The number of amides is 1. The van der Waals surface area contributed by atoms with Gasteiger partial charge in [-0.15, -0.1) is 11.8 Å². The smallest absolute Gasteiger partial charge is 0.253 e. The van der Waals surface area contributed by atoms with Crippen molar-refractivity contribution in [2.45, 2.75) is 17.4 Å². The zero-order chi connectivity index (χ0) is 20.4. The summed E-state index contributed by atoms with van der Waals surface area (Å²) in [5, 5.41) is 7.75. The van der Waals surface area contributed by atoms with Crippen LogP contribution in [0.3, 0.4) is 0 Å². The van der Waals surface area contributed by atoms with Crippen molar-refractivity contribution in [3.8, 4) is 11.3 Å². The maximum absolute atomic E-state index is 12.7. The fourth-order valence-electron chi connectivity index (χ4n) is 3.34. The van der Waals surface area contributed by atoms with Crippen molar-refractivity contribution in [1.29, 1.82) is 0 Å². The van der Waals surface area contributed by atoms with Crippen LogP contribution in [0.1, 0.15) is 16.8 Å². The molecule has 7 nitrogen and oxygen atoms in total. The number of benzene rings is 1. The number of nitrogens with one attached hydrogen (secondary N) is 1. The topological polar surface area (TPSA) is 75.9 Å². The third-order valence-electron chi connectivity index (χ3n) is 4.87. The summed E-state index contributed by atoms with van der Waals surface area (Å²) in [6.07, 6.45) is 8.26. The highest BCUT2D eigenvalue weighted by Gasteiger charge is 2.27. The van der Waals surface area contributed by atoms with Crippen LogP contribution in [0.25, 0.3) is 11.3 Å². The average molecular weight is 429 g/mol. The molecule has 150 valence electrons. The Morgan fingerprint density at radius 3 is 2.97 bits per heavy atom. The van der Waals surface area contributed by atoms with Crippen molar-refractivity contribution in [2.75, 3.05) is 24.2 Å². The van der Waals surface area contributed by atoms with E-state index in [1.54, 1.807) is 34.9 Å². The lowest BCUT2D eigenvalue weighted by molar-refractivity contribution is 0.0940. The number of nitrogens with zero attached hydrogens (tertiary/aromatic N) is 5. The van der Waals surface area contributed by atoms with E-state index < -0.39 is 0 Å². The number of aryl methyl sites for hydroxylation is 1. The van der Waals surface area contributed by atoms with Crippen molar-refractivity contribution in [3.63, 3.8) is 0 Å². The van der Waals surface area contributed by atoms with Gasteiger partial charge in [0.25, 0.3) is 5.91 Å². The first kappa shape index (κ1) is 19.7. The zero-order valence-corrected chi connectivity index (χ0v) is 17.7. The molecule has 9 heteroatoms. The van der Waals surface area contributed by atoms with Crippen molar-refractivity contribution >= 4 is 35.2 Å². The van der Waals surface area contributed by atoms with Crippen molar-refractivity contribution in [1.82, 2.24) is 25.1 Å². The maximum Gasteiger partial charge on any atom is 0.253 e. The van der Waals surface area contributed by atoms with Crippen molar-refractivity contribution in [3.05, 3.63) is 53.4 Å². The van der Waals surface area contributed by atoms with Crippen LogP contribution in [0, 0.1) is 0 Å². The van der Waals surface area contributed by atoms with Gasteiger partial charge in [0, 0.05) is 49.0 Å². The number of thioether (sulfide) groups is 1. The second-order valence-electron chi connectivity index (χ2n) is 6.90.